The van der Waals surface area contributed by atoms with Crippen molar-refractivity contribution >= 4 is 17.1 Å². The van der Waals surface area contributed by atoms with Crippen LogP contribution in [0.5, 0.6) is 0 Å². The molecule has 1 heterocycles. The minimum Gasteiger partial charge on any atom is -0.480 e. The topological polar surface area (TPSA) is 84.5 Å². The van der Waals surface area contributed by atoms with Gasteiger partial charge in [-0.15, -0.1) is 0 Å². The van der Waals surface area contributed by atoms with Crippen molar-refractivity contribution in [1.82, 2.24) is 9.88 Å². The lowest BCUT2D eigenvalue weighted by atomic mass is 10.2. The van der Waals surface area contributed by atoms with Crippen molar-refractivity contribution < 1.29 is 14.3 Å². The molecule has 0 aliphatic heterocycles. The van der Waals surface area contributed by atoms with Crippen molar-refractivity contribution in [3.8, 4) is 0 Å². The first kappa shape index (κ1) is 14.3. The number of hydrogen-bond donors (Lipinski definition) is 2. The van der Waals surface area contributed by atoms with Gasteiger partial charge in [-0.2, -0.15) is 0 Å². The highest BCUT2D eigenvalue weighted by molar-refractivity contribution is 5.73. The van der Waals surface area contributed by atoms with Gasteiger partial charge in [0.15, 0.2) is 5.58 Å². The molecule has 0 aliphatic carbocycles. The average Bonchev–Trinajstić information content (AvgIpc) is 2.74. The number of oxazole rings is 1. The fraction of sp³-hybridized carbons (Fsp3) is 0.429. The van der Waals surface area contributed by atoms with Gasteiger partial charge in [0.1, 0.15) is 6.04 Å². The molecule has 0 saturated carbocycles. The van der Waals surface area contributed by atoms with Crippen LogP contribution in [-0.4, -0.2) is 28.2 Å². The molecule has 1 aromatic heterocycles. The number of carbonyl (C=O) groups is 1. The largest absolute Gasteiger partial charge is 0.480 e. The maximum atomic E-state index is 11.7. The van der Waals surface area contributed by atoms with Crippen LogP contribution in [-0.2, 0) is 11.3 Å². The van der Waals surface area contributed by atoms with E-state index in [1.807, 2.05) is 13.0 Å². The number of para-hydroxylation sites is 2. The third kappa shape index (κ3) is 3.08. The lowest BCUT2D eigenvalue weighted by Crippen LogP contribution is -2.39. The Labute approximate surface area is 116 Å². The van der Waals surface area contributed by atoms with Gasteiger partial charge in [-0.3, -0.25) is 9.36 Å². The molecule has 2 aromatic rings. The normalized spacial score (nSPS) is 12.7. The molecule has 0 saturated heterocycles. The minimum absolute atomic E-state index is 0.378. The highest BCUT2D eigenvalue weighted by Gasteiger charge is 2.15. The van der Waals surface area contributed by atoms with E-state index in [0.29, 0.717) is 25.1 Å². The number of benzene rings is 1. The standard InChI is InChI=1S/C14H18N2O4/c1-2-5-10(13(17)18)15-8-9-16-11-6-3-4-7-12(11)20-14(16)19/h3-4,6-7,10,15H,2,5,8-9H2,1H3,(H,17,18). The summed E-state index contributed by atoms with van der Waals surface area (Å²) in [6.45, 7) is 2.72. The summed E-state index contributed by atoms with van der Waals surface area (Å²) in [6, 6.07) is 6.60. The Bertz CT molecular complexity index is 644. The van der Waals surface area contributed by atoms with Crippen LogP contribution in [0.2, 0.25) is 0 Å². The van der Waals surface area contributed by atoms with E-state index < -0.39 is 17.8 Å². The molecule has 1 aromatic carbocycles. The van der Waals surface area contributed by atoms with E-state index in [1.165, 1.54) is 4.57 Å². The van der Waals surface area contributed by atoms with E-state index >= 15 is 0 Å². The lowest BCUT2D eigenvalue weighted by molar-refractivity contribution is -0.139. The predicted octanol–water partition coefficient (Wildman–Crippen LogP) is 1.44. The van der Waals surface area contributed by atoms with Gasteiger partial charge in [0.2, 0.25) is 0 Å². The van der Waals surface area contributed by atoms with Crippen molar-refractivity contribution in [2.45, 2.75) is 32.4 Å². The van der Waals surface area contributed by atoms with Crippen LogP contribution in [0.25, 0.3) is 11.1 Å². The third-order valence-electron chi connectivity index (χ3n) is 3.18. The van der Waals surface area contributed by atoms with Crippen LogP contribution in [0.15, 0.2) is 33.5 Å². The molecule has 1 atom stereocenters. The molecule has 1 unspecified atom stereocenters. The van der Waals surface area contributed by atoms with Crippen LogP contribution in [0.4, 0.5) is 0 Å². The first-order chi connectivity index (χ1) is 9.63. The minimum atomic E-state index is -0.865. The van der Waals surface area contributed by atoms with Gasteiger partial charge in [0, 0.05) is 13.1 Å². The van der Waals surface area contributed by atoms with Gasteiger partial charge in [0.05, 0.1) is 5.52 Å². The Kier molecular flexibility index (Phi) is 4.57. The van der Waals surface area contributed by atoms with Gasteiger partial charge in [0.25, 0.3) is 0 Å². The van der Waals surface area contributed by atoms with Crippen molar-refractivity contribution in [2.75, 3.05) is 6.54 Å². The zero-order valence-electron chi connectivity index (χ0n) is 11.3. The monoisotopic (exact) mass is 278 g/mol. The SMILES string of the molecule is CCCC(NCCn1c(=O)oc2ccccc21)C(=O)O. The number of carboxylic acids is 1. The van der Waals surface area contributed by atoms with Crippen LogP contribution in [0, 0.1) is 0 Å². The number of fused-ring (bicyclic) bond motifs is 1. The molecule has 0 fully saturated rings. The summed E-state index contributed by atoms with van der Waals surface area (Å²) >= 11 is 0. The smallest absolute Gasteiger partial charge is 0.419 e. The number of aliphatic carboxylic acids is 1. The first-order valence-corrected chi connectivity index (χ1v) is 6.68. The summed E-state index contributed by atoms with van der Waals surface area (Å²) in [5, 5.41) is 12.0. The predicted molar refractivity (Wildman–Crippen MR) is 74.8 cm³/mol. The Hall–Kier alpha value is -2.08. The van der Waals surface area contributed by atoms with Crippen LogP contribution in [0.1, 0.15) is 19.8 Å². The summed E-state index contributed by atoms with van der Waals surface area (Å²) in [6.07, 6.45) is 1.36. The van der Waals surface area contributed by atoms with Crippen molar-refractivity contribution in [3.63, 3.8) is 0 Å². The molecule has 0 aliphatic rings. The van der Waals surface area contributed by atoms with E-state index in [9.17, 15) is 9.59 Å². The summed E-state index contributed by atoms with van der Waals surface area (Å²) in [7, 11) is 0. The summed E-state index contributed by atoms with van der Waals surface area (Å²) in [4.78, 5) is 22.7. The molecule has 6 nitrogen and oxygen atoms in total. The van der Waals surface area contributed by atoms with Gasteiger partial charge in [-0.1, -0.05) is 25.5 Å². The molecule has 108 valence electrons. The van der Waals surface area contributed by atoms with Gasteiger partial charge in [-0.05, 0) is 18.6 Å². The second-order valence-electron chi connectivity index (χ2n) is 4.62. The maximum Gasteiger partial charge on any atom is 0.419 e. The number of aromatic nitrogens is 1. The maximum absolute atomic E-state index is 11.7. The summed E-state index contributed by atoms with van der Waals surface area (Å²) in [5.74, 6) is -1.29. The molecule has 0 amide bonds. The van der Waals surface area contributed by atoms with Crippen molar-refractivity contribution in [1.29, 1.82) is 0 Å². The van der Waals surface area contributed by atoms with E-state index in [1.54, 1.807) is 18.2 Å². The number of rotatable bonds is 7. The number of carboxylic acid groups (broad SMARTS) is 1. The highest BCUT2D eigenvalue weighted by Crippen LogP contribution is 2.11. The van der Waals surface area contributed by atoms with E-state index in [-0.39, 0.29) is 0 Å². The Morgan fingerprint density at radius 3 is 2.90 bits per heavy atom. The van der Waals surface area contributed by atoms with Gasteiger partial charge >= 0.3 is 11.7 Å². The number of nitrogens with one attached hydrogen (secondary N) is 1. The fourth-order valence-electron chi connectivity index (χ4n) is 2.18. The molecule has 0 spiro atoms. The summed E-state index contributed by atoms with van der Waals surface area (Å²) in [5.41, 5.74) is 1.27. The molecular weight excluding hydrogens is 260 g/mol. The third-order valence-corrected chi connectivity index (χ3v) is 3.18. The first-order valence-electron chi connectivity index (χ1n) is 6.68. The van der Waals surface area contributed by atoms with Gasteiger partial charge < -0.3 is 14.8 Å². The summed E-state index contributed by atoms with van der Waals surface area (Å²) < 4.78 is 6.62. The van der Waals surface area contributed by atoms with Crippen molar-refractivity contribution in [3.05, 3.63) is 34.8 Å². The van der Waals surface area contributed by atoms with E-state index in [2.05, 4.69) is 5.32 Å². The van der Waals surface area contributed by atoms with Crippen LogP contribution < -0.4 is 11.1 Å². The van der Waals surface area contributed by atoms with Gasteiger partial charge in [-0.25, -0.2) is 4.79 Å². The van der Waals surface area contributed by atoms with Crippen LogP contribution >= 0.6 is 0 Å². The number of hydrogen-bond acceptors (Lipinski definition) is 4. The molecule has 20 heavy (non-hydrogen) atoms. The molecule has 0 radical (unpaired) electrons. The van der Waals surface area contributed by atoms with Crippen molar-refractivity contribution in [2.24, 2.45) is 0 Å². The molecule has 2 rings (SSSR count). The van der Waals surface area contributed by atoms with E-state index in [4.69, 9.17) is 9.52 Å². The Balaban J connectivity index is 2.04. The fourth-order valence-corrected chi connectivity index (χ4v) is 2.18. The van der Waals surface area contributed by atoms with Crippen LogP contribution in [0.3, 0.4) is 0 Å². The number of nitrogens with zero attached hydrogens (tertiary/aromatic N) is 1. The molecular formula is C14H18N2O4. The highest BCUT2D eigenvalue weighted by atomic mass is 16.4. The second kappa shape index (κ2) is 6.38. The quantitative estimate of drug-likeness (QED) is 0.800. The Morgan fingerprint density at radius 1 is 1.45 bits per heavy atom. The zero-order valence-corrected chi connectivity index (χ0v) is 11.3. The molecule has 2 N–H and O–H groups in total. The second-order valence-corrected chi connectivity index (χ2v) is 4.62. The Morgan fingerprint density at radius 2 is 2.20 bits per heavy atom. The molecule has 0 bridgehead atoms. The zero-order chi connectivity index (χ0) is 14.5. The van der Waals surface area contributed by atoms with E-state index in [0.717, 1.165) is 11.9 Å². The molecule has 6 heteroatoms. The average molecular weight is 278 g/mol. The lowest BCUT2D eigenvalue weighted by Gasteiger charge is -2.13.